The van der Waals surface area contributed by atoms with Crippen molar-refractivity contribution in [1.82, 2.24) is 10.3 Å². The number of carbonyl (C=O) groups excluding carboxylic acids is 1. The summed E-state index contributed by atoms with van der Waals surface area (Å²) in [6.07, 6.45) is 3.91. The first-order valence-electron chi connectivity index (χ1n) is 6.78. The van der Waals surface area contributed by atoms with E-state index in [9.17, 15) is 4.79 Å². The highest BCUT2D eigenvalue weighted by Crippen LogP contribution is 2.11. The van der Waals surface area contributed by atoms with Crippen molar-refractivity contribution in [1.29, 1.82) is 0 Å². The largest absolute Gasteiger partial charge is 0.469 e. The summed E-state index contributed by atoms with van der Waals surface area (Å²) in [6.45, 7) is 1.93. The van der Waals surface area contributed by atoms with Gasteiger partial charge >= 0.3 is 6.03 Å². The number of pyridine rings is 1. The van der Waals surface area contributed by atoms with Crippen molar-refractivity contribution in [2.45, 2.75) is 19.4 Å². The van der Waals surface area contributed by atoms with Gasteiger partial charge in [0.2, 0.25) is 0 Å². The van der Waals surface area contributed by atoms with Gasteiger partial charge in [-0.05, 0) is 31.2 Å². The zero-order valence-electron chi connectivity index (χ0n) is 12.5. The van der Waals surface area contributed by atoms with E-state index >= 15 is 0 Å². The van der Waals surface area contributed by atoms with Crippen LogP contribution in [-0.4, -0.2) is 31.2 Å². The van der Waals surface area contributed by atoms with E-state index in [4.69, 9.17) is 4.42 Å². The van der Waals surface area contributed by atoms with E-state index in [0.717, 1.165) is 11.6 Å². The molecule has 2 N–H and O–H groups in total. The van der Waals surface area contributed by atoms with E-state index in [1.54, 1.807) is 12.5 Å². The van der Waals surface area contributed by atoms with E-state index in [1.807, 2.05) is 50.2 Å². The van der Waals surface area contributed by atoms with Gasteiger partial charge in [0.15, 0.2) is 0 Å². The Bertz CT molecular complexity index is 564. The summed E-state index contributed by atoms with van der Waals surface area (Å²) in [7, 11) is 3.83. The highest BCUT2D eigenvalue weighted by molar-refractivity contribution is 5.89. The van der Waals surface area contributed by atoms with Crippen molar-refractivity contribution in [3.8, 4) is 0 Å². The van der Waals surface area contributed by atoms with E-state index in [-0.39, 0.29) is 12.1 Å². The third-order valence-corrected chi connectivity index (χ3v) is 2.93. The maximum atomic E-state index is 11.9. The van der Waals surface area contributed by atoms with Gasteiger partial charge in [0.25, 0.3) is 0 Å². The minimum atomic E-state index is -0.256. The predicted octanol–water partition coefficient (Wildman–Crippen LogP) is 2.49. The van der Waals surface area contributed by atoms with Crippen LogP contribution in [0.25, 0.3) is 0 Å². The molecule has 0 saturated carbocycles. The third kappa shape index (κ3) is 4.52. The maximum Gasteiger partial charge on any atom is 0.319 e. The molecule has 0 radical (unpaired) electrons. The lowest BCUT2D eigenvalue weighted by Crippen LogP contribution is -2.37. The Balaban J connectivity index is 1.83. The SMILES string of the molecule is C[C@H](Cc1ccco1)NC(=O)Nc1ccc(N(C)C)nc1. The standard InChI is InChI=1S/C15H20N4O2/c1-11(9-13-5-4-8-21-13)17-15(20)18-12-6-7-14(16-10-12)19(2)3/h4-8,10-11H,9H2,1-3H3,(H2,17,18,20)/t11-/m1/s1. The van der Waals surface area contributed by atoms with Gasteiger partial charge in [-0.1, -0.05) is 0 Å². The summed E-state index contributed by atoms with van der Waals surface area (Å²) in [6, 6.07) is 7.11. The molecule has 0 aliphatic carbocycles. The van der Waals surface area contributed by atoms with Crippen molar-refractivity contribution in [2.75, 3.05) is 24.3 Å². The highest BCUT2D eigenvalue weighted by Gasteiger charge is 2.10. The van der Waals surface area contributed by atoms with Gasteiger partial charge in [-0.2, -0.15) is 0 Å². The molecule has 6 nitrogen and oxygen atoms in total. The average molecular weight is 288 g/mol. The van der Waals surface area contributed by atoms with Gasteiger partial charge in [-0.15, -0.1) is 0 Å². The van der Waals surface area contributed by atoms with Gasteiger partial charge in [0.1, 0.15) is 11.6 Å². The topological polar surface area (TPSA) is 70.4 Å². The van der Waals surface area contributed by atoms with Crippen molar-refractivity contribution < 1.29 is 9.21 Å². The number of hydrogen-bond acceptors (Lipinski definition) is 4. The van der Waals surface area contributed by atoms with Crippen LogP contribution < -0.4 is 15.5 Å². The Hall–Kier alpha value is -2.50. The Morgan fingerprint density at radius 3 is 2.76 bits per heavy atom. The van der Waals surface area contributed by atoms with Gasteiger partial charge in [0, 0.05) is 26.6 Å². The second-order valence-corrected chi connectivity index (χ2v) is 5.08. The number of nitrogens with one attached hydrogen (secondary N) is 2. The average Bonchev–Trinajstić information content (AvgIpc) is 2.91. The summed E-state index contributed by atoms with van der Waals surface area (Å²) < 4.78 is 5.25. The van der Waals surface area contributed by atoms with Crippen LogP contribution in [-0.2, 0) is 6.42 Å². The second-order valence-electron chi connectivity index (χ2n) is 5.08. The molecule has 0 aliphatic heterocycles. The monoisotopic (exact) mass is 288 g/mol. The Morgan fingerprint density at radius 2 is 2.19 bits per heavy atom. The first-order chi connectivity index (χ1) is 10.0. The molecule has 2 rings (SSSR count). The molecule has 0 spiro atoms. The van der Waals surface area contributed by atoms with E-state index in [0.29, 0.717) is 12.1 Å². The summed E-state index contributed by atoms with van der Waals surface area (Å²) in [4.78, 5) is 18.0. The van der Waals surface area contributed by atoms with Crippen molar-refractivity contribution in [2.24, 2.45) is 0 Å². The lowest BCUT2D eigenvalue weighted by molar-refractivity contribution is 0.248. The molecule has 0 fully saturated rings. The Labute approximate surface area is 124 Å². The zero-order chi connectivity index (χ0) is 15.2. The smallest absolute Gasteiger partial charge is 0.319 e. The van der Waals surface area contributed by atoms with E-state index < -0.39 is 0 Å². The van der Waals surface area contributed by atoms with Crippen molar-refractivity contribution >= 4 is 17.5 Å². The Kier molecular flexibility index (Phi) is 4.81. The van der Waals surface area contributed by atoms with Crippen LogP contribution in [0.5, 0.6) is 0 Å². The molecule has 0 saturated heterocycles. The molecule has 2 aromatic rings. The first-order valence-corrected chi connectivity index (χ1v) is 6.78. The fraction of sp³-hybridized carbons (Fsp3) is 0.333. The van der Waals surface area contributed by atoms with E-state index in [1.165, 1.54) is 0 Å². The number of nitrogens with zero attached hydrogens (tertiary/aromatic N) is 2. The van der Waals surface area contributed by atoms with E-state index in [2.05, 4.69) is 15.6 Å². The minimum Gasteiger partial charge on any atom is -0.469 e. The molecule has 0 aliphatic rings. The molecule has 6 heteroatoms. The van der Waals surface area contributed by atoms with Crippen molar-refractivity contribution in [3.05, 3.63) is 42.5 Å². The quantitative estimate of drug-likeness (QED) is 0.887. The number of hydrogen-bond donors (Lipinski definition) is 2. The normalized spacial score (nSPS) is 11.8. The summed E-state index contributed by atoms with van der Waals surface area (Å²) in [5.41, 5.74) is 0.656. The number of furan rings is 1. The van der Waals surface area contributed by atoms with Crippen LogP contribution in [0.2, 0.25) is 0 Å². The van der Waals surface area contributed by atoms with Crippen molar-refractivity contribution in [3.63, 3.8) is 0 Å². The second kappa shape index (κ2) is 6.78. The van der Waals surface area contributed by atoms with Crippen LogP contribution in [0, 0.1) is 0 Å². The molecule has 2 amide bonds. The molecule has 0 unspecified atom stereocenters. The third-order valence-electron chi connectivity index (χ3n) is 2.93. The van der Waals surface area contributed by atoms with Crippen LogP contribution in [0.15, 0.2) is 41.1 Å². The number of aromatic nitrogens is 1. The number of rotatable bonds is 5. The molecular weight excluding hydrogens is 268 g/mol. The first kappa shape index (κ1) is 14.9. The number of anilines is 2. The number of amides is 2. The van der Waals surface area contributed by atoms with Crippen LogP contribution in [0.1, 0.15) is 12.7 Å². The fourth-order valence-corrected chi connectivity index (χ4v) is 1.90. The molecule has 0 bridgehead atoms. The lowest BCUT2D eigenvalue weighted by atomic mass is 10.2. The fourth-order valence-electron chi connectivity index (χ4n) is 1.90. The van der Waals surface area contributed by atoms with Gasteiger partial charge in [0.05, 0.1) is 18.1 Å². The molecular formula is C15H20N4O2. The lowest BCUT2D eigenvalue weighted by Gasteiger charge is -2.14. The molecule has 2 heterocycles. The maximum absolute atomic E-state index is 11.9. The zero-order valence-corrected chi connectivity index (χ0v) is 12.5. The molecule has 112 valence electrons. The highest BCUT2D eigenvalue weighted by atomic mass is 16.3. The predicted molar refractivity (Wildman–Crippen MR) is 82.6 cm³/mol. The summed E-state index contributed by atoms with van der Waals surface area (Å²) >= 11 is 0. The molecule has 0 aromatic carbocycles. The molecule has 21 heavy (non-hydrogen) atoms. The minimum absolute atomic E-state index is 0.0230. The van der Waals surface area contributed by atoms with Gasteiger partial charge < -0.3 is 20.0 Å². The summed E-state index contributed by atoms with van der Waals surface area (Å²) in [5.74, 6) is 1.69. The summed E-state index contributed by atoms with van der Waals surface area (Å²) in [5, 5.41) is 5.61. The number of carbonyl (C=O) groups is 1. The van der Waals surface area contributed by atoms with Crippen LogP contribution in [0.3, 0.4) is 0 Å². The molecule has 1 atom stereocenters. The Morgan fingerprint density at radius 1 is 1.38 bits per heavy atom. The van der Waals surface area contributed by atoms with Gasteiger partial charge in [-0.3, -0.25) is 0 Å². The van der Waals surface area contributed by atoms with Gasteiger partial charge in [-0.25, -0.2) is 9.78 Å². The number of urea groups is 1. The van der Waals surface area contributed by atoms with Crippen LogP contribution >= 0.6 is 0 Å². The van der Waals surface area contributed by atoms with Crippen LogP contribution in [0.4, 0.5) is 16.3 Å². The molecule has 2 aromatic heterocycles.